The third-order valence-electron chi connectivity index (χ3n) is 3.51. The molecule has 1 heteroatoms. The Morgan fingerprint density at radius 3 is 2.43 bits per heavy atom. The third kappa shape index (κ3) is 4.00. The van der Waals surface area contributed by atoms with Crippen LogP contribution in [0.25, 0.3) is 0 Å². The fourth-order valence-corrected chi connectivity index (χ4v) is 2.40. The molecule has 0 saturated heterocycles. The van der Waals surface area contributed by atoms with E-state index in [9.17, 15) is 0 Å². The number of hydrogen-bond acceptors (Lipinski definition) is 1. The molecule has 0 amide bonds. The van der Waals surface area contributed by atoms with Crippen LogP contribution in [0.1, 0.15) is 59.3 Å². The van der Waals surface area contributed by atoms with E-state index in [2.05, 4.69) is 26.1 Å². The van der Waals surface area contributed by atoms with Crippen molar-refractivity contribution in [1.82, 2.24) is 5.32 Å². The summed E-state index contributed by atoms with van der Waals surface area (Å²) in [7, 11) is 0. The van der Waals surface area contributed by atoms with E-state index in [0.717, 1.165) is 11.3 Å². The van der Waals surface area contributed by atoms with Crippen molar-refractivity contribution < 1.29 is 0 Å². The molecule has 1 fully saturated rings. The zero-order chi connectivity index (χ0) is 10.4. The van der Waals surface area contributed by atoms with E-state index in [1.807, 2.05) is 0 Å². The molecule has 14 heavy (non-hydrogen) atoms. The maximum Gasteiger partial charge on any atom is 0.000792 e. The first-order valence-corrected chi connectivity index (χ1v) is 6.43. The van der Waals surface area contributed by atoms with Crippen molar-refractivity contribution in [2.45, 2.75) is 59.3 Å². The normalized spacial score (nSPS) is 20.8. The van der Waals surface area contributed by atoms with Gasteiger partial charge in [-0.1, -0.05) is 33.6 Å². The molecule has 1 rings (SSSR count). The summed E-state index contributed by atoms with van der Waals surface area (Å²) in [5.74, 6) is 0.859. The lowest BCUT2D eigenvalue weighted by Gasteiger charge is -2.17. The second kappa shape index (κ2) is 5.75. The number of nitrogens with one attached hydrogen (secondary N) is 1. The van der Waals surface area contributed by atoms with Crippen molar-refractivity contribution in [2.24, 2.45) is 11.3 Å². The number of rotatable bonds is 8. The molecule has 1 atom stereocenters. The van der Waals surface area contributed by atoms with Crippen molar-refractivity contribution in [3.05, 3.63) is 0 Å². The third-order valence-corrected chi connectivity index (χ3v) is 3.51. The highest BCUT2D eigenvalue weighted by atomic mass is 14.9. The van der Waals surface area contributed by atoms with E-state index >= 15 is 0 Å². The molecule has 1 saturated carbocycles. The first-order valence-electron chi connectivity index (χ1n) is 6.43. The topological polar surface area (TPSA) is 12.0 Å². The molecule has 0 aromatic heterocycles. The van der Waals surface area contributed by atoms with Crippen LogP contribution in [-0.2, 0) is 0 Å². The van der Waals surface area contributed by atoms with Crippen molar-refractivity contribution in [1.29, 1.82) is 0 Å². The summed E-state index contributed by atoms with van der Waals surface area (Å²) in [4.78, 5) is 0. The van der Waals surface area contributed by atoms with Gasteiger partial charge in [0.25, 0.3) is 0 Å². The van der Waals surface area contributed by atoms with Gasteiger partial charge in [-0.25, -0.2) is 0 Å². The molecule has 1 nitrogen and oxygen atoms in total. The maximum absolute atomic E-state index is 3.66. The van der Waals surface area contributed by atoms with Gasteiger partial charge in [-0.3, -0.25) is 0 Å². The molecule has 84 valence electrons. The van der Waals surface area contributed by atoms with Crippen LogP contribution < -0.4 is 5.32 Å². The van der Waals surface area contributed by atoms with Crippen LogP contribution in [0.4, 0.5) is 0 Å². The SMILES string of the molecule is CCCC(C)CNCC1(CCC)CC1. The summed E-state index contributed by atoms with van der Waals surface area (Å²) >= 11 is 0. The van der Waals surface area contributed by atoms with Gasteiger partial charge in [0, 0.05) is 6.54 Å². The van der Waals surface area contributed by atoms with Crippen molar-refractivity contribution in [3.8, 4) is 0 Å². The lowest BCUT2D eigenvalue weighted by molar-refractivity contribution is 0.390. The summed E-state index contributed by atoms with van der Waals surface area (Å²) in [6.45, 7) is 9.43. The van der Waals surface area contributed by atoms with Gasteiger partial charge in [-0.05, 0) is 43.6 Å². The van der Waals surface area contributed by atoms with E-state index < -0.39 is 0 Å². The molecule has 0 aromatic carbocycles. The standard InChI is InChI=1S/C13H27N/c1-4-6-12(3)10-14-11-13(7-5-2)8-9-13/h12,14H,4-11H2,1-3H3. The van der Waals surface area contributed by atoms with Crippen molar-refractivity contribution in [3.63, 3.8) is 0 Å². The second-order valence-electron chi connectivity index (χ2n) is 5.27. The lowest BCUT2D eigenvalue weighted by atomic mass is 10.00. The Bertz CT molecular complexity index is 149. The molecular weight excluding hydrogens is 170 g/mol. The van der Waals surface area contributed by atoms with Crippen LogP contribution >= 0.6 is 0 Å². The average Bonchev–Trinajstić information content (AvgIpc) is 2.86. The smallest absolute Gasteiger partial charge is 0.000792 e. The highest BCUT2D eigenvalue weighted by molar-refractivity contribution is 4.94. The van der Waals surface area contributed by atoms with Gasteiger partial charge >= 0.3 is 0 Å². The Hall–Kier alpha value is -0.0400. The van der Waals surface area contributed by atoms with Crippen LogP contribution in [-0.4, -0.2) is 13.1 Å². The molecule has 0 radical (unpaired) electrons. The summed E-state index contributed by atoms with van der Waals surface area (Å²) in [5, 5.41) is 3.66. The molecule has 1 unspecified atom stereocenters. The van der Waals surface area contributed by atoms with Crippen LogP contribution in [0.3, 0.4) is 0 Å². The van der Waals surface area contributed by atoms with Gasteiger partial charge in [0.2, 0.25) is 0 Å². The van der Waals surface area contributed by atoms with Crippen LogP contribution in [0, 0.1) is 11.3 Å². The van der Waals surface area contributed by atoms with E-state index in [0.29, 0.717) is 0 Å². The first-order chi connectivity index (χ1) is 6.72. The Morgan fingerprint density at radius 1 is 1.21 bits per heavy atom. The molecule has 0 aromatic rings. The minimum Gasteiger partial charge on any atom is -0.316 e. The van der Waals surface area contributed by atoms with E-state index in [4.69, 9.17) is 0 Å². The largest absolute Gasteiger partial charge is 0.316 e. The fraction of sp³-hybridized carbons (Fsp3) is 1.00. The molecule has 0 heterocycles. The van der Waals surface area contributed by atoms with E-state index in [-0.39, 0.29) is 0 Å². The summed E-state index contributed by atoms with van der Waals surface area (Å²) in [5.41, 5.74) is 0.723. The summed E-state index contributed by atoms with van der Waals surface area (Å²) < 4.78 is 0. The van der Waals surface area contributed by atoms with Gasteiger partial charge < -0.3 is 5.32 Å². The molecular formula is C13H27N. The summed E-state index contributed by atoms with van der Waals surface area (Å²) in [6.07, 6.45) is 8.41. The fourth-order valence-electron chi connectivity index (χ4n) is 2.40. The van der Waals surface area contributed by atoms with Gasteiger partial charge in [0.15, 0.2) is 0 Å². The Morgan fingerprint density at radius 2 is 1.93 bits per heavy atom. The molecule has 0 bridgehead atoms. The first kappa shape index (κ1) is 12.0. The van der Waals surface area contributed by atoms with Gasteiger partial charge in [0.05, 0.1) is 0 Å². The van der Waals surface area contributed by atoms with Crippen LogP contribution in [0.15, 0.2) is 0 Å². The predicted octanol–water partition coefficient (Wildman–Crippen LogP) is 3.59. The predicted molar refractivity (Wildman–Crippen MR) is 63.5 cm³/mol. The van der Waals surface area contributed by atoms with Crippen molar-refractivity contribution in [2.75, 3.05) is 13.1 Å². The Balaban J connectivity index is 2.03. The summed E-state index contributed by atoms with van der Waals surface area (Å²) in [6, 6.07) is 0. The molecule has 0 aliphatic heterocycles. The molecule has 1 aliphatic carbocycles. The van der Waals surface area contributed by atoms with Gasteiger partial charge in [-0.15, -0.1) is 0 Å². The molecule has 0 spiro atoms. The van der Waals surface area contributed by atoms with Crippen LogP contribution in [0.2, 0.25) is 0 Å². The van der Waals surface area contributed by atoms with Crippen LogP contribution in [0.5, 0.6) is 0 Å². The van der Waals surface area contributed by atoms with E-state index in [1.165, 1.54) is 51.6 Å². The Kier molecular flexibility index (Phi) is 4.94. The zero-order valence-electron chi connectivity index (χ0n) is 10.2. The highest BCUT2D eigenvalue weighted by Crippen LogP contribution is 2.48. The molecule has 1 N–H and O–H groups in total. The zero-order valence-corrected chi connectivity index (χ0v) is 10.2. The van der Waals surface area contributed by atoms with Gasteiger partial charge in [-0.2, -0.15) is 0 Å². The lowest BCUT2D eigenvalue weighted by Crippen LogP contribution is -2.28. The monoisotopic (exact) mass is 197 g/mol. The minimum atomic E-state index is 0.723. The Labute approximate surface area is 89.7 Å². The van der Waals surface area contributed by atoms with E-state index in [1.54, 1.807) is 0 Å². The van der Waals surface area contributed by atoms with Gasteiger partial charge in [0.1, 0.15) is 0 Å². The average molecular weight is 197 g/mol. The quantitative estimate of drug-likeness (QED) is 0.627. The highest BCUT2D eigenvalue weighted by Gasteiger charge is 2.40. The minimum absolute atomic E-state index is 0.723. The number of hydrogen-bond donors (Lipinski definition) is 1. The van der Waals surface area contributed by atoms with Crippen molar-refractivity contribution >= 4 is 0 Å². The maximum atomic E-state index is 3.66. The second-order valence-corrected chi connectivity index (χ2v) is 5.27. The molecule has 1 aliphatic rings.